The van der Waals surface area contributed by atoms with Gasteiger partial charge in [-0.3, -0.25) is 4.79 Å². The smallest absolute Gasteiger partial charge is 0.253 e. The molecule has 0 aromatic carbocycles. The van der Waals surface area contributed by atoms with Gasteiger partial charge in [-0.15, -0.1) is 24.8 Å². The van der Waals surface area contributed by atoms with Gasteiger partial charge in [-0.05, 0) is 31.4 Å². The van der Waals surface area contributed by atoms with Gasteiger partial charge < -0.3 is 16.0 Å². The molecule has 144 valence electrons. The molecule has 1 atom stereocenters. The fourth-order valence-corrected chi connectivity index (χ4v) is 2.98. The van der Waals surface area contributed by atoms with Crippen LogP contribution in [0.3, 0.4) is 0 Å². The van der Waals surface area contributed by atoms with Crippen LogP contribution in [0.4, 0.5) is 5.82 Å². The van der Waals surface area contributed by atoms with Gasteiger partial charge in [-0.1, -0.05) is 32.6 Å². The summed E-state index contributed by atoms with van der Waals surface area (Å²) >= 11 is 0. The van der Waals surface area contributed by atoms with E-state index in [0.29, 0.717) is 12.1 Å². The number of unbranched alkanes of at least 4 members (excludes halogenated alkanes) is 1. The third kappa shape index (κ3) is 7.80. The summed E-state index contributed by atoms with van der Waals surface area (Å²) < 4.78 is 0. The molecule has 2 heterocycles. The molecular formula is C18H32Cl2N4O. The van der Waals surface area contributed by atoms with Crippen molar-refractivity contribution < 1.29 is 4.79 Å². The summed E-state index contributed by atoms with van der Waals surface area (Å²) in [5.41, 5.74) is 6.35. The number of halogens is 2. The summed E-state index contributed by atoms with van der Waals surface area (Å²) in [5, 5.41) is 3.01. The van der Waals surface area contributed by atoms with Crippen molar-refractivity contribution in [3.63, 3.8) is 0 Å². The summed E-state index contributed by atoms with van der Waals surface area (Å²) in [6, 6.07) is 3.88. The van der Waals surface area contributed by atoms with Crippen LogP contribution in [0.25, 0.3) is 0 Å². The van der Waals surface area contributed by atoms with Crippen molar-refractivity contribution in [1.82, 2.24) is 10.3 Å². The molecule has 25 heavy (non-hydrogen) atoms. The minimum absolute atomic E-state index is 0. The minimum Gasteiger partial charge on any atom is -0.357 e. The van der Waals surface area contributed by atoms with Crippen LogP contribution in [0.15, 0.2) is 18.3 Å². The van der Waals surface area contributed by atoms with Gasteiger partial charge in [0.15, 0.2) is 0 Å². The zero-order chi connectivity index (χ0) is 16.5. The highest BCUT2D eigenvalue weighted by atomic mass is 35.5. The number of nitrogens with zero attached hydrogens (tertiary/aromatic N) is 2. The van der Waals surface area contributed by atoms with Gasteiger partial charge in [0.1, 0.15) is 5.82 Å². The molecule has 3 N–H and O–H groups in total. The second-order valence-corrected chi connectivity index (χ2v) is 6.35. The lowest BCUT2D eigenvalue weighted by atomic mass is 10.1. The number of pyridine rings is 1. The Morgan fingerprint density at radius 1 is 1.24 bits per heavy atom. The number of nitrogens with one attached hydrogen (secondary N) is 1. The molecule has 0 radical (unpaired) electrons. The van der Waals surface area contributed by atoms with E-state index in [9.17, 15) is 4.79 Å². The molecule has 0 spiro atoms. The number of hydrogen-bond acceptors (Lipinski definition) is 4. The Hall–Kier alpha value is -1.04. The Kier molecular flexibility index (Phi) is 12.7. The van der Waals surface area contributed by atoms with Crippen LogP contribution in [-0.4, -0.2) is 36.6 Å². The molecule has 0 aliphatic carbocycles. The van der Waals surface area contributed by atoms with Crippen LogP contribution >= 0.6 is 24.8 Å². The van der Waals surface area contributed by atoms with E-state index < -0.39 is 0 Å². The molecule has 1 unspecified atom stereocenters. The quantitative estimate of drug-likeness (QED) is 0.746. The third-order valence-electron chi connectivity index (χ3n) is 4.47. The second-order valence-electron chi connectivity index (χ2n) is 6.35. The van der Waals surface area contributed by atoms with E-state index in [1.54, 1.807) is 6.20 Å². The SMILES string of the molecule is CCCCC(CN)NC(=O)c1ccc(N2CCCCCC2)nc1.Cl.Cl. The standard InChI is InChI=1S/C18H30N4O.2ClH/c1-2-3-8-16(13-19)21-18(23)15-9-10-17(20-14-15)22-11-6-4-5-7-12-22;;/h9-10,14,16H,2-8,11-13,19H2,1H3,(H,21,23);2*1H. The van der Waals surface area contributed by atoms with Gasteiger partial charge in [0.2, 0.25) is 0 Å². The van der Waals surface area contributed by atoms with E-state index >= 15 is 0 Å². The van der Waals surface area contributed by atoms with Crippen LogP contribution < -0.4 is 16.0 Å². The molecule has 5 nitrogen and oxygen atoms in total. The van der Waals surface area contributed by atoms with E-state index in [1.165, 1.54) is 25.7 Å². The average molecular weight is 391 g/mol. The first kappa shape index (κ1) is 24.0. The summed E-state index contributed by atoms with van der Waals surface area (Å²) in [5.74, 6) is 0.899. The van der Waals surface area contributed by atoms with Gasteiger partial charge in [0.05, 0.1) is 5.56 Å². The minimum atomic E-state index is -0.0773. The first-order valence-corrected chi connectivity index (χ1v) is 8.96. The lowest BCUT2D eigenvalue weighted by Gasteiger charge is -2.21. The Morgan fingerprint density at radius 2 is 1.92 bits per heavy atom. The molecule has 1 aromatic heterocycles. The molecular weight excluding hydrogens is 359 g/mol. The van der Waals surface area contributed by atoms with E-state index in [-0.39, 0.29) is 36.8 Å². The molecule has 1 aliphatic rings. The first-order chi connectivity index (χ1) is 11.2. The number of carbonyl (C=O) groups excluding carboxylic acids is 1. The molecule has 1 fully saturated rings. The van der Waals surface area contributed by atoms with Gasteiger partial charge in [0, 0.05) is 31.9 Å². The molecule has 1 saturated heterocycles. The summed E-state index contributed by atoms with van der Waals surface area (Å²) in [6.07, 6.45) is 9.84. The lowest BCUT2D eigenvalue weighted by Crippen LogP contribution is -2.40. The number of amides is 1. The molecule has 1 amide bonds. The maximum Gasteiger partial charge on any atom is 0.253 e. The third-order valence-corrected chi connectivity index (χ3v) is 4.47. The van der Waals surface area contributed by atoms with E-state index in [2.05, 4.69) is 22.1 Å². The van der Waals surface area contributed by atoms with Gasteiger partial charge in [-0.25, -0.2) is 4.98 Å². The van der Waals surface area contributed by atoms with Crippen LogP contribution in [0.2, 0.25) is 0 Å². The number of nitrogens with two attached hydrogens (primary N) is 1. The fraction of sp³-hybridized carbons (Fsp3) is 0.667. The maximum absolute atomic E-state index is 12.3. The zero-order valence-electron chi connectivity index (χ0n) is 15.1. The molecule has 7 heteroatoms. The summed E-state index contributed by atoms with van der Waals surface area (Å²) in [4.78, 5) is 19.1. The molecule has 2 rings (SSSR count). The van der Waals surface area contributed by atoms with Crippen LogP contribution in [-0.2, 0) is 0 Å². The topological polar surface area (TPSA) is 71.2 Å². The molecule has 1 aromatic rings. The number of anilines is 1. The van der Waals surface area contributed by atoms with Crippen molar-refractivity contribution in [3.8, 4) is 0 Å². The predicted octanol–water partition coefficient (Wildman–Crippen LogP) is 3.55. The molecule has 0 bridgehead atoms. The Bertz CT molecular complexity index is 476. The lowest BCUT2D eigenvalue weighted by molar-refractivity contribution is 0.0935. The number of rotatable bonds is 7. The highest BCUT2D eigenvalue weighted by molar-refractivity contribution is 5.94. The van der Waals surface area contributed by atoms with Crippen molar-refractivity contribution >= 4 is 36.5 Å². The van der Waals surface area contributed by atoms with Gasteiger partial charge in [-0.2, -0.15) is 0 Å². The van der Waals surface area contributed by atoms with Gasteiger partial charge >= 0.3 is 0 Å². The van der Waals surface area contributed by atoms with Crippen molar-refractivity contribution in [2.75, 3.05) is 24.5 Å². The van der Waals surface area contributed by atoms with Gasteiger partial charge in [0.25, 0.3) is 5.91 Å². The van der Waals surface area contributed by atoms with Crippen LogP contribution in [0, 0.1) is 0 Å². The van der Waals surface area contributed by atoms with E-state index in [1.807, 2.05) is 12.1 Å². The summed E-state index contributed by atoms with van der Waals surface area (Å²) in [7, 11) is 0. The zero-order valence-corrected chi connectivity index (χ0v) is 16.7. The Labute approximate surface area is 164 Å². The van der Waals surface area contributed by atoms with Crippen molar-refractivity contribution in [2.45, 2.75) is 57.9 Å². The highest BCUT2D eigenvalue weighted by Crippen LogP contribution is 2.17. The maximum atomic E-state index is 12.3. The predicted molar refractivity (Wildman–Crippen MR) is 109 cm³/mol. The second kappa shape index (κ2) is 13.2. The normalized spacial score (nSPS) is 15.4. The molecule has 0 saturated carbocycles. The first-order valence-electron chi connectivity index (χ1n) is 8.96. The fourth-order valence-electron chi connectivity index (χ4n) is 2.98. The monoisotopic (exact) mass is 390 g/mol. The van der Waals surface area contributed by atoms with Crippen LogP contribution in [0.5, 0.6) is 0 Å². The van der Waals surface area contributed by atoms with Crippen LogP contribution in [0.1, 0.15) is 62.2 Å². The van der Waals surface area contributed by atoms with E-state index in [0.717, 1.165) is 38.2 Å². The Balaban J connectivity index is 0.00000288. The summed E-state index contributed by atoms with van der Waals surface area (Å²) in [6.45, 7) is 4.74. The number of aromatic nitrogens is 1. The largest absolute Gasteiger partial charge is 0.357 e. The van der Waals surface area contributed by atoms with Crippen molar-refractivity contribution in [3.05, 3.63) is 23.9 Å². The Morgan fingerprint density at radius 3 is 2.44 bits per heavy atom. The van der Waals surface area contributed by atoms with Crippen molar-refractivity contribution in [2.24, 2.45) is 5.73 Å². The molecule has 1 aliphatic heterocycles. The van der Waals surface area contributed by atoms with Crippen molar-refractivity contribution in [1.29, 1.82) is 0 Å². The number of carbonyl (C=O) groups is 1. The number of hydrogen-bond donors (Lipinski definition) is 2. The van der Waals surface area contributed by atoms with E-state index in [4.69, 9.17) is 5.73 Å². The average Bonchev–Trinajstić information content (AvgIpc) is 2.88. The highest BCUT2D eigenvalue weighted by Gasteiger charge is 2.14.